The summed E-state index contributed by atoms with van der Waals surface area (Å²) in [4.78, 5) is 9.10. The Labute approximate surface area is 172 Å². The lowest BCUT2D eigenvalue weighted by Gasteiger charge is -2.17. The molecule has 144 valence electrons. The SMILES string of the molecule is CN(C)c1ccc(-c2c3ccc(N)cc3nc3cc(N(C)C)ccc23)cc1.Cl. The molecule has 4 aromatic rings. The van der Waals surface area contributed by atoms with Gasteiger partial charge in [0, 0.05) is 61.6 Å². The van der Waals surface area contributed by atoms with Crippen LogP contribution in [0.25, 0.3) is 32.9 Å². The van der Waals surface area contributed by atoms with E-state index in [1.54, 1.807) is 0 Å². The molecule has 0 atom stereocenters. The molecule has 0 amide bonds. The number of halogens is 1. The van der Waals surface area contributed by atoms with Gasteiger partial charge in [-0.3, -0.25) is 0 Å². The molecule has 28 heavy (non-hydrogen) atoms. The highest BCUT2D eigenvalue weighted by Gasteiger charge is 2.13. The molecule has 3 aromatic carbocycles. The number of fused-ring (bicyclic) bond motifs is 2. The fraction of sp³-hybridized carbons (Fsp3) is 0.174. The van der Waals surface area contributed by atoms with Crippen molar-refractivity contribution in [2.45, 2.75) is 0 Å². The summed E-state index contributed by atoms with van der Waals surface area (Å²) in [6.45, 7) is 0. The Balaban J connectivity index is 0.00000225. The monoisotopic (exact) mass is 392 g/mol. The number of rotatable bonds is 3. The van der Waals surface area contributed by atoms with Crippen molar-refractivity contribution in [3.05, 3.63) is 60.7 Å². The van der Waals surface area contributed by atoms with Crippen LogP contribution >= 0.6 is 12.4 Å². The van der Waals surface area contributed by atoms with Crippen LogP contribution in [0.15, 0.2) is 60.7 Å². The van der Waals surface area contributed by atoms with Crippen LogP contribution in [0, 0.1) is 0 Å². The number of nitrogen functional groups attached to an aromatic ring is 1. The molecule has 0 aliphatic rings. The molecule has 0 bridgehead atoms. The lowest BCUT2D eigenvalue weighted by molar-refractivity contribution is 1.13. The van der Waals surface area contributed by atoms with Crippen LogP contribution < -0.4 is 15.5 Å². The first-order chi connectivity index (χ1) is 12.9. The largest absolute Gasteiger partial charge is 0.399 e. The van der Waals surface area contributed by atoms with Crippen molar-refractivity contribution in [2.75, 3.05) is 43.7 Å². The van der Waals surface area contributed by atoms with Crippen molar-refractivity contribution < 1.29 is 0 Å². The van der Waals surface area contributed by atoms with E-state index < -0.39 is 0 Å². The third-order valence-corrected chi connectivity index (χ3v) is 4.97. The molecule has 0 radical (unpaired) electrons. The summed E-state index contributed by atoms with van der Waals surface area (Å²) in [5, 5.41) is 2.27. The predicted molar refractivity (Wildman–Crippen MR) is 125 cm³/mol. The number of hydrogen-bond acceptors (Lipinski definition) is 4. The van der Waals surface area contributed by atoms with Gasteiger partial charge in [-0.25, -0.2) is 4.98 Å². The minimum atomic E-state index is 0. The van der Waals surface area contributed by atoms with Gasteiger partial charge in [0.2, 0.25) is 0 Å². The summed E-state index contributed by atoms with van der Waals surface area (Å²) in [6.07, 6.45) is 0. The van der Waals surface area contributed by atoms with Gasteiger partial charge in [-0.15, -0.1) is 12.4 Å². The maximum atomic E-state index is 6.03. The van der Waals surface area contributed by atoms with Gasteiger partial charge < -0.3 is 15.5 Å². The maximum absolute atomic E-state index is 6.03. The maximum Gasteiger partial charge on any atom is 0.0736 e. The molecular weight excluding hydrogens is 368 g/mol. The van der Waals surface area contributed by atoms with Crippen LogP contribution in [0.2, 0.25) is 0 Å². The third-order valence-electron chi connectivity index (χ3n) is 4.97. The minimum absolute atomic E-state index is 0. The molecule has 0 aliphatic heterocycles. The van der Waals surface area contributed by atoms with Crippen LogP contribution in [0.5, 0.6) is 0 Å². The van der Waals surface area contributed by atoms with E-state index in [4.69, 9.17) is 10.7 Å². The first-order valence-electron chi connectivity index (χ1n) is 9.02. The Morgan fingerprint density at radius 3 is 1.82 bits per heavy atom. The molecule has 5 heteroatoms. The molecule has 0 saturated carbocycles. The highest BCUT2D eigenvalue weighted by molar-refractivity contribution is 6.10. The van der Waals surface area contributed by atoms with E-state index in [0.29, 0.717) is 0 Å². The molecule has 0 spiro atoms. The second kappa shape index (κ2) is 7.56. The Hall–Kier alpha value is -2.98. The van der Waals surface area contributed by atoms with Gasteiger partial charge in [0.25, 0.3) is 0 Å². The van der Waals surface area contributed by atoms with E-state index in [0.717, 1.165) is 33.2 Å². The molecule has 2 N–H and O–H groups in total. The Morgan fingerprint density at radius 2 is 1.21 bits per heavy atom. The van der Waals surface area contributed by atoms with Crippen molar-refractivity contribution in [1.82, 2.24) is 4.98 Å². The van der Waals surface area contributed by atoms with E-state index in [2.05, 4.69) is 72.4 Å². The van der Waals surface area contributed by atoms with Gasteiger partial charge in [0.05, 0.1) is 11.0 Å². The van der Waals surface area contributed by atoms with Crippen molar-refractivity contribution >= 4 is 51.3 Å². The van der Waals surface area contributed by atoms with Gasteiger partial charge in [-0.1, -0.05) is 24.3 Å². The van der Waals surface area contributed by atoms with E-state index in [1.165, 1.54) is 16.8 Å². The number of hydrogen-bond donors (Lipinski definition) is 1. The second-order valence-corrected chi connectivity index (χ2v) is 7.30. The average molecular weight is 393 g/mol. The molecular formula is C23H25ClN4. The first kappa shape index (κ1) is 19.8. The summed E-state index contributed by atoms with van der Waals surface area (Å²) in [5.41, 5.74) is 13.4. The lowest BCUT2D eigenvalue weighted by Crippen LogP contribution is -2.08. The molecule has 1 heterocycles. The number of anilines is 3. The van der Waals surface area contributed by atoms with Gasteiger partial charge in [-0.2, -0.15) is 0 Å². The summed E-state index contributed by atoms with van der Waals surface area (Å²) >= 11 is 0. The van der Waals surface area contributed by atoms with E-state index in [1.807, 2.05) is 26.2 Å². The molecule has 0 saturated heterocycles. The van der Waals surface area contributed by atoms with Crippen molar-refractivity contribution in [3.63, 3.8) is 0 Å². The normalized spacial score (nSPS) is 10.7. The quantitative estimate of drug-likeness (QED) is 0.385. The Kier molecular flexibility index (Phi) is 5.34. The molecule has 0 unspecified atom stereocenters. The van der Waals surface area contributed by atoms with Crippen molar-refractivity contribution in [2.24, 2.45) is 0 Å². The summed E-state index contributed by atoms with van der Waals surface area (Å²) in [7, 11) is 8.19. The smallest absolute Gasteiger partial charge is 0.0736 e. The number of nitrogens with two attached hydrogens (primary N) is 1. The van der Waals surface area contributed by atoms with Crippen LogP contribution in [0.3, 0.4) is 0 Å². The Bertz CT molecular complexity index is 1130. The van der Waals surface area contributed by atoms with Crippen LogP contribution in [0.4, 0.5) is 17.1 Å². The van der Waals surface area contributed by atoms with Crippen LogP contribution in [-0.4, -0.2) is 33.2 Å². The fourth-order valence-corrected chi connectivity index (χ4v) is 3.47. The zero-order valence-corrected chi connectivity index (χ0v) is 17.4. The van der Waals surface area contributed by atoms with Gasteiger partial charge in [0.1, 0.15) is 0 Å². The molecule has 0 fully saturated rings. The highest BCUT2D eigenvalue weighted by Crippen LogP contribution is 2.37. The summed E-state index contributed by atoms with van der Waals surface area (Å²) in [5.74, 6) is 0. The van der Waals surface area contributed by atoms with Gasteiger partial charge in [0.15, 0.2) is 0 Å². The molecule has 1 aromatic heterocycles. The molecule has 4 rings (SSSR count). The van der Waals surface area contributed by atoms with Gasteiger partial charge >= 0.3 is 0 Å². The standard InChI is InChI=1S/C23H24N4.ClH/c1-26(2)17-8-5-15(6-9-17)23-19-11-7-16(24)13-21(19)25-22-14-18(27(3)4)10-12-20(22)23;/h5-14H,24H2,1-4H3;1H. The van der Waals surface area contributed by atoms with E-state index in [9.17, 15) is 0 Å². The highest BCUT2D eigenvalue weighted by atomic mass is 35.5. The third kappa shape index (κ3) is 3.43. The number of benzene rings is 3. The lowest BCUT2D eigenvalue weighted by atomic mass is 9.95. The minimum Gasteiger partial charge on any atom is -0.399 e. The van der Waals surface area contributed by atoms with Crippen molar-refractivity contribution in [1.29, 1.82) is 0 Å². The van der Waals surface area contributed by atoms with E-state index in [-0.39, 0.29) is 12.4 Å². The topological polar surface area (TPSA) is 45.4 Å². The van der Waals surface area contributed by atoms with E-state index >= 15 is 0 Å². The second-order valence-electron chi connectivity index (χ2n) is 7.30. The summed E-state index contributed by atoms with van der Waals surface area (Å²) < 4.78 is 0. The average Bonchev–Trinajstić information content (AvgIpc) is 2.65. The predicted octanol–water partition coefficient (Wildman–Crippen LogP) is 5.19. The van der Waals surface area contributed by atoms with Crippen LogP contribution in [-0.2, 0) is 0 Å². The van der Waals surface area contributed by atoms with Crippen molar-refractivity contribution in [3.8, 4) is 11.1 Å². The molecule has 0 aliphatic carbocycles. The number of pyridine rings is 1. The zero-order valence-electron chi connectivity index (χ0n) is 16.6. The number of aromatic nitrogens is 1. The van der Waals surface area contributed by atoms with Gasteiger partial charge in [-0.05, 0) is 42.0 Å². The molecule has 4 nitrogen and oxygen atoms in total. The fourth-order valence-electron chi connectivity index (χ4n) is 3.47. The summed E-state index contributed by atoms with van der Waals surface area (Å²) in [6, 6.07) is 21.1. The first-order valence-corrected chi connectivity index (χ1v) is 9.02. The van der Waals surface area contributed by atoms with Crippen LogP contribution in [0.1, 0.15) is 0 Å². The Morgan fingerprint density at radius 1 is 0.679 bits per heavy atom. The number of nitrogens with zero attached hydrogens (tertiary/aromatic N) is 3. The zero-order chi connectivity index (χ0) is 19.1.